The number of hydrogen-bond acceptors (Lipinski definition) is 4. The van der Waals surface area contributed by atoms with Crippen molar-refractivity contribution in [1.29, 1.82) is 0 Å². The first-order valence-corrected chi connectivity index (χ1v) is 8.52. The Balaban J connectivity index is 2.28. The maximum absolute atomic E-state index is 12.5. The maximum Gasteiger partial charge on any atom is 0.324 e. The molecule has 0 atom stereocenters. The van der Waals surface area contributed by atoms with E-state index in [1.807, 2.05) is 6.07 Å². The number of benzene rings is 1. The van der Waals surface area contributed by atoms with E-state index in [4.69, 9.17) is 9.47 Å². The maximum atomic E-state index is 12.5. The predicted molar refractivity (Wildman–Crippen MR) is 88.2 cm³/mol. The number of carbonyl (C=O) groups excluding carboxylic acids is 2. The van der Waals surface area contributed by atoms with E-state index in [0.717, 1.165) is 30.4 Å². The normalized spacial score (nSPS) is 15.1. The van der Waals surface area contributed by atoms with Gasteiger partial charge in [-0.15, -0.1) is 0 Å². The van der Waals surface area contributed by atoms with E-state index in [9.17, 15) is 9.59 Å². The molecule has 4 heteroatoms. The van der Waals surface area contributed by atoms with E-state index in [2.05, 4.69) is 19.1 Å². The lowest BCUT2D eigenvalue weighted by atomic mass is 9.84. The van der Waals surface area contributed by atoms with E-state index >= 15 is 0 Å². The van der Waals surface area contributed by atoms with Crippen molar-refractivity contribution in [2.24, 2.45) is 5.41 Å². The molecule has 23 heavy (non-hydrogen) atoms. The van der Waals surface area contributed by atoms with Crippen LogP contribution in [-0.4, -0.2) is 25.2 Å². The summed E-state index contributed by atoms with van der Waals surface area (Å²) >= 11 is 0. The molecular weight excluding hydrogens is 292 g/mol. The van der Waals surface area contributed by atoms with Crippen LogP contribution in [0.1, 0.15) is 50.3 Å². The Hall–Kier alpha value is -1.84. The lowest BCUT2D eigenvalue weighted by molar-refractivity contribution is -0.171. The summed E-state index contributed by atoms with van der Waals surface area (Å²) in [6.07, 6.45) is 4.05. The minimum Gasteiger partial charge on any atom is -0.465 e. The molecule has 1 aliphatic carbocycles. The van der Waals surface area contributed by atoms with Crippen molar-refractivity contribution in [3.05, 3.63) is 34.9 Å². The molecule has 0 spiro atoms. The van der Waals surface area contributed by atoms with Gasteiger partial charge in [0.15, 0.2) is 5.41 Å². The molecule has 1 aliphatic rings. The highest BCUT2D eigenvalue weighted by atomic mass is 16.6. The van der Waals surface area contributed by atoms with Gasteiger partial charge in [0.05, 0.1) is 13.2 Å². The molecule has 1 aromatic carbocycles. The number of ether oxygens (including phenoxy) is 2. The summed E-state index contributed by atoms with van der Waals surface area (Å²) < 4.78 is 10.4. The quantitative estimate of drug-likeness (QED) is 0.572. The molecule has 0 saturated heterocycles. The number of unbranched alkanes of at least 4 members (excludes halogenated alkanes) is 1. The van der Waals surface area contributed by atoms with E-state index in [-0.39, 0.29) is 13.2 Å². The zero-order valence-electron chi connectivity index (χ0n) is 14.3. The van der Waals surface area contributed by atoms with Crippen LogP contribution in [0.5, 0.6) is 0 Å². The van der Waals surface area contributed by atoms with Gasteiger partial charge in [-0.2, -0.15) is 0 Å². The molecule has 126 valence electrons. The molecule has 0 bridgehead atoms. The number of rotatable bonds is 7. The van der Waals surface area contributed by atoms with Gasteiger partial charge < -0.3 is 9.47 Å². The van der Waals surface area contributed by atoms with Crippen molar-refractivity contribution in [1.82, 2.24) is 0 Å². The van der Waals surface area contributed by atoms with Crippen LogP contribution in [0, 0.1) is 5.41 Å². The second-order valence-electron chi connectivity index (χ2n) is 6.08. The van der Waals surface area contributed by atoms with Crippen molar-refractivity contribution in [2.75, 3.05) is 13.2 Å². The first kappa shape index (κ1) is 17.5. The number of aryl methyl sites for hydroxylation is 1. The van der Waals surface area contributed by atoms with Crippen molar-refractivity contribution in [3.63, 3.8) is 0 Å². The largest absolute Gasteiger partial charge is 0.465 e. The first-order valence-electron chi connectivity index (χ1n) is 8.52. The summed E-state index contributed by atoms with van der Waals surface area (Å²) in [5.74, 6) is -0.936. The fourth-order valence-electron chi connectivity index (χ4n) is 3.18. The van der Waals surface area contributed by atoms with Crippen molar-refractivity contribution < 1.29 is 19.1 Å². The molecule has 0 fully saturated rings. The Morgan fingerprint density at radius 1 is 1.00 bits per heavy atom. The fraction of sp³-hybridized carbons (Fsp3) is 0.579. The highest BCUT2D eigenvalue weighted by Crippen LogP contribution is 2.40. The summed E-state index contributed by atoms with van der Waals surface area (Å²) in [5, 5.41) is 0. The average Bonchev–Trinajstić information content (AvgIpc) is 2.93. The summed E-state index contributed by atoms with van der Waals surface area (Å²) in [4.78, 5) is 25.0. The molecule has 4 nitrogen and oxygen atoms in total. The number of fused-ring (bicyclic) bond motifs is 1. The van der Waals surface area contributed by atoms with Gasteiger partial charge in [-0.1, -0.05) is 31.5 Å². The van der Waals surface area contributed by atoms with Crippen LogP contribution < -0.4 is 0 Å². The zero-order chi connectivity index (χ0) is 16.9. The number of esters is 2. The molecule has 0 unspecified atom stereocenters. The molecule has 0 amide bonds. The highest BCUT2D eigenvalue weighted by molar-refractivity contribution is 6.01. The van der Waals surface area contributed by atoms with E-state index in [1.54, 1.807) is 13.8 Å². The molecule has 1 aromatic rings. The van der Waals surface area contributed by atoms with Gasteiger partial charge in [-0.25, -0.2) is 0 Å². The third kappa shape index (κ3) is 3.57. The molecule has 2 rings (SSSR count). The van der Waals surface area contributed by atoms with Gasteiger partial charge in [0.25, 0.3) is 0 Å². The lowest BCUT2D eigenvalue weighted by Gasteiger charge is -2.23. The van der Waals surface area contributed by atoms with Gasteiger partial charge in [0.1, 0.15) is 0 Å². The summed E-state index contributed by atoms with van der Waals surface area (Å²) in [5.41, 5.74) is 2.16. The lowest BCUT2D eigenvalue weighted by Crippen LogP contribution is -2.43. The van der Waals surface area contributed by atoms with Crippen molar-refractivity contribution >= 4 is 11.9 Å². The van der Waals surface area contributed by atoms with Gasteiger partial charge >= 0.3 is 11.9 Å². The van der Waals surface area contributed by atoms with E-state index in [1.165, 1.54) is 5.56 Å². The molecule has 0 aromatic heterocycles. The summed E-state index contributed by atoms with van der Waals surface area (Å²) in [6, 6.07) is 6.27. The number of hydrogen-bond donors (Lipinski definition) is 0. The smallest absolute Gasteiger partial charge is 0.324 e. The van der Waals surface area contributed by atoms with E-state index in [0.29, 0.717) is 12.8 Å². The van der Waals surface area contributed by atoms with Crippen LogP contribution in [0.2, 0.25) is 0 Å². The summed E-state index contributed by atoms with van der Waals surface area (Å²) in [7, 11) is 0. The second-order valence-corrected chi connectivity index (χ2v) is 6.08. The average molecular weight is 318 g/mol. The van der Waals surface area contributed by atoms with Crippen molar-refractivity contribution in [3.8, 4) is 0 Å². The standard InChI is InChI=1S/C19H26O4/c1-4-7-8-14-9-10-15-12-19(13-16(15)11-14,17(20)22-5-2)18(21)23-6-3/h9-11H,4-8,12-13H2,1-3H3. The minimum atomic E-state index is -1.21. The van der Waals surface area contributed by atoms with Crippen LogP contribution in [0.25, 0.3) is 0 Å². The molecule has 0 radical (unpaired) electrons. The van der Waals surface area contributed by atoms with Crippen LogP contribution in [-0.2, 0) is 38.3 Å². The Kier molecular flexibility index (Phi) is 5.80. The molecular formula is C19H26O4. The zero-order valence-corrected chi connectivity index (χ0v) is 14.3. The predicted octanol–water partition coefficient (Wildman–Crippen LogP) is 3.24. The van der Waals surface area contributed by atoms with Gasteiger partial charge in [0, 0.05) is 0 Å². The number of carbonyl (C=O) groups is 2. The minimum absolute atomic E-state index is 0.262. The van der Waals surface area contributed by atoms with E-state index < -0.39 is 17.4 Å². The highest BCUT2D eigenvalue weighted by Gasteiger charge is 2.52. The summed E-state index contributed by atoms with van der Waals surface area (Å²) in [6.45, 7) is 6.19. The topological polar surface area (TPSA) is 52.6 Å². The Morgan fingerprint density at radius 3 is 2.17 bits per heavy atom. The Morgan fingerprint density at radius 2 is 1.61 bits per heavy atom. The van der Waals surface area contributed by atoms with Crippen LogP contribution in [0.4, 0.5) is 0 Å². The third-order valence-electron chi connectivity index (χ3n) is 4.41. The third-order valence-corrected chi connectivity index (χ3v) is 4.41. The van der Waals surface area contributed by atoms with Crippen LogP contribution in [0.3, 0.4) is 0 Å². The molecule has 0 aliphatic heterocycles. The molecule has 0 saturated carbocycles. The monoisotopic (exact) mass is 318 g/mol. The Bertz CT molecular complexity index is 559. The Labute approximate surface area is 138 Å². The SMILES string of the molecule is CCCCc1ccc2c(c1)CC(C(=O)OCC)(C(=O)OCC)C2. The molecule has 0 N–H and O–H groups in total. The van der Waals surface area contributed by atoms with Crippen LogP contribution in [0.15, 0.2) is 18.2 Å². The van der Waals surface area contributed by atoms with Crippen molar-refractivity contribution in [2.45, 2.75) is 52.9 Å². The van der Waals surface area contributed by atoms with Crippen LogP contribution >= 0.6 is 0 Å². The van der Waals surface area contributed by atoms with Gasteiger partial charge in [-0.3, -0.25) is 9.59 Å². The molecule has 0 heterocycles. The second kappa shape index (κ2) is 7.62. The fourth-order valence-corrected chi connectivity index (χ4v) is 3.18. The first-order chi connectivity index (χ1) is 11.1. The van der Waals surface area contributed by atoms with Gasteiger partial charge in [-0.05, 0) is 56.2 Å². The van der Waals surface area contributed by atoms with Gasteiger partial charge in [0.2, 0.25) is 0 Å².